The second-order valence-electron chi connectivity index (χ2n) is 5.26. The van der Waals surface area contributed by atoms with E-state index in [1.165, 1.54) is 12.1 Å². The summed E-state index contributed by atoms with van der Waals surface area (Å²) in [5.41, 5.74) is 3.07. The zero-order valence-electron chi connectivity index (χ0n) is 12.0. The number of rotatable bonds is 3. The summed E-state index contributed by atoms with van der Waals surface area (Å²) < 4.78 is 16.3. The van der Waals surface area contributed by atoms with Crippen LogP contribution >= 0.6 is 27.3 Å². The van der Waals surface area contributed by atoms with Crippen molar-refractivity contribution in [1.82, 2.24) is 9.55 Å². The SMILES string of the molecule is Fc1ccc(Cn2c(-c3cccs3)nc3cc(Br)ccc32)cc1. The smallest absolute Gasteiger partial charge is 0.151 e. The molecule has 4 rings (SSSR count). The third kappa shape index (κ3) is 2.82. The number of aromatic nitrogens is 2. The van der Waals surface area contributed by atoms with Crippen LogP contribution in [-0.4, -0.2) is 9.55 Å². The lowest BCUT2D eigenvalue weighted by Gasteiger charge is -2.08. The van der Waals surface area contributed by atoms with Crippen LogP contribution in [0.5, 0.6) is 0 Å². The fourth-order valence-electron chi connectivity index (χ4n) is 2.63. The molecule has 2 heterocycles. The van der Waals surface area contributed by atoms with Crippen molar-refractivity contribution in [2.75, 3.05) is 0 Å². The summed E-state index contributed by atoms with van der Waals surface area (Å²) in [5.74, 6) is 0.726. The molecule has 0 aliphatic carbocycles. The molecule has 0 bridgehead atoms. The van der Waals surface area contributed by atoms with Crippen LogP contribution in [0.25, 0.3) is 21.7 Å². The molecule has 0 N–H and O–H groups in total. The number of halogens is 2. The van der Waals surface area contributed by atoms with Crippen molar-refractivity contribution in [3.8, 4) is 10.7 Å². The number of hydrogen-bond donors (Lipinski definition) is 0. The predicted molar refractivity (Wildman–Crippen MR) is 96.2 cm³/mol. The Bertz CT molecular complexity index is 959. The maximum Gasteiger partial charge on any atom is 0.151 e. The summed E-state index contributed by atoms with van der Waals surface area (Å²) in [4.78, 5) is 5.92. The Balaban J connectivity index is 1.88. The van der Waals surface area contributed by atoms with E-state index < -0.39 is 0 Å². The summed E-state index contributed by atoms with van der Waals surface area (Å²) in [6.07, 6.45) is 0. The molecule has 0 unspecified atom stereocenters. The van der Waals surface area contributed by atoms with E-state index in [-0.39, 0.29) is 5.82 Å². The topological polar surface area (TPSA) is 17.8 Å². The van der Waals surface area contributed by atoms with E-state index in [9.17, 15) is 4.39 Å². The molecular formula is C18H12BrFN2S. The third-order valence-corrected chi connectivity index (χ3v) is 5.06. The average molecular weight is 387 g/mol. The molecule has 5 heteroatoms. The van der Waals surface area contributed by atoms with Gasteiger partial charge >= 0.3 is 0 Å². The van der Waals surface area contributed by atoms with E-state index in [0.29, 0.717) is 6.54 Å². The first-order valence-corrected chi connectivity index (χ1v) is 8.82. The molecule has 2 nitrogen and oxygen atoms in total. The van der Waals surface area contributed by atoms with E-state index in [4.69, 9.17) is 4.98 Å². The summed E-state index contributed by atoms with van der Waals surface area (Å²) in [7, 11) is 0. The van der Waals surface area contributed by atoms with E-state index >= 15 is 0 Å². The average Bonchev–Trinajstić information content (AvgIpc) is 3.17. The fraction of sp³-hybridized carbons (Fsp3) is 0.0556. The second-order valence-corrected chi connectivity index (χ2v) is 7.12. The molecule has 0 saturated heterocycles. The third-order valence-electron chi connectivity index (χ3n) is 3.71. The van der Waals surface area contributed by atoms with Crippen molar-refractivity contribution in [2.24, 2.45) is 0 Å². The molecule has 4 aromatic rings. The van der Waals surface area contributed by atoms with Crippen LogP contribution in [0, 0.1) is 5.82 Å². The summed E-state index contributed by atoms with van der Waals surface area (Å²) >= 11 is 5.17. The van der Waals surface area contributed by atoms with Crippen molar-refractivity contribution >= 4 is 38.3 Å². The van der Waals surface area contributed by atoms with E-state index in [1.54, 1.807) is 11.3 Å². The quantitative estimate of drug-likeness (QED) is 0.440. The zero-order valence-corrected chi connectivity index (χ0v) is 14.4. The number of imidazole rings is 1. The maximum absolute atomic E-state index is 13.1. The van der Waals surface area contributed by atoms with Gasteiger partial charge in [0.2, 0.25) is 0 Å². The molecule has 0 atom stereocenters. The minimum atomic E-state index is -0.216. The first-order chi connectivity index (χ1) is 11.2. The molecule has 0 aliphatic rings. The summed E-state index contributed by atoms with van der Waals surface area (Å²) in [6, 6.07) is 16.8. The van der Waals surface area contributed by atoms with Crippen molar-refractivity contribution in [2.45, 2.75) is 6.54 Å². The van der Waals surface area contributed by atoms with Crippen LogP contribution in [0.3, 0.4) is 0 Å². The second kappa shape index (κ2) is 5.91. The fourth-order valence-corrected chi connectivity index (χ4v) is 3.70. The number of benzene rings is 2. The molecule has 0 saturated carbocycles. The number of thiophene rings is 1. The molecule has 114 valence electrons. The molecule has 23 heavy (non-hydrogen) atoms. The lowest BCUT2D eigenvalue weighted by atomic mass is 10.2. The van der Waals surface area contributed by atoms with Crippen LogP contribution < -0.4 is 0 Å². The van der Waals surface area contributed by atoms with E-state index in [1.807, 2.05) is 35.7 Å². The Morgan fingerprint density at radius 2 is 1.91 bits per heavy atom. The Morgan fingerprint density at radius 3 is 2.65 bits per heavy atom. The van der Waals surface area contributed by atoms with Gasteiger partial charge in [-0.15, -0.1) is 11.3 Å². The van der Waals surface area contributed by atoms with Gasteiger partial charge in [0.15, 0.2) is 5.82 Å². The van der Waals surface area contributed by atoms with Crippen molar-refractivity contribution in [1.29, 1.82) is 0 Å². The highest BCUT2D eigenvalue weighted by Gasteiger charge is 2.14. The van der Waals surface area contributed by atoms with Crippen molar-refractivity contribution in [3.05, 3.63) is 75.8 Å². The first kappa shape index (κ1) is 14.6. The van der Waals surface area contributed by atoms with Gasteiger partial charge in [-0.25, -0.2) is 9.37 Å². The van der Waals surface area contributed by atoms with Gasteiger partial charge in [-0.3, -0.25) is 0 Å². The van der Waals surface area contributed by atoms with Crippen LogP contribution in [0.2, 0.25) is 0 Å². The number of hydrogen-bond acceptors (Lipinski definition) is 2. The maximum atomic E-state index is 13.1. The number of fused-ring (bicyclic) bond motifs is 1. The van der Waals surface area contributed by atoms with Gasteiger partial charge in [-0.1, -0.05) is 34.1 Å². The van der Waals surface area contributed by atoms with Crippen LogP contribution in [-0.2, 0) is 6.54 Å². The Kier molecular flexibility index (Phi) is 3.75. The molecular weight excluding hydrogens is 375 g/mol. The van der Waals surface area contributed by atoms with Gasteiger partial charge in [0.05, 0.1) is 15.9 Å². The Labute approximate surface area is 145 Å². The molecule has 0 radical (unpaired) electrons. The molecule has 2 aromatic carbocycles. The highest BCUT2D eigenvalue weighted by atomic mass is 79.9. The summed E-state index contributed by atoms with van der Waals surface area (Å²) in [6.45, 7) is 0.658. The van der Waals surface area contributed by atoms with Crippen molar-refractivity contribution in [3.63, 3.8) is 0 Å². The molecule has 0 spiro atoms. The number of nitrogens with zero attached hydrogens (tertiary/aromatic N) is 2. The largest absolute Gasteiger partial charge is 0.319 e. The van der Waals surface area contributed by atoms with Gasteiger partial charge in [-0.2, -0.15) is 0 Å². The highest BCUT2D eigenvalue weighted by molar-refractivity contribution is 9.10. The molecule has 2 aromatic heterocycles. The zero-order chi connectivity index (χ0) is 15.8. The molecule has 0 amide bonds. The predicted octanol–water partition coefficient (Wildman–Crippen LogP) is 5.71. The van der Waals surface area contributed by atoms with Crippen LogP contribution in [0.1, 0.15) is 5.56 Å². The van der Waals surface area contributed by atoms with Gasteiger partial charge in [-0.05, 0) is 47.3 Å². The normalized spacial score (nSPS) is 11.2. The minimum absolute atomic E-state index is 0.216. The standard InChI is InChI=1S/C18H12BrFN2S/c19-13-5-8-16-15(10-13)21-18(17-2-1-9-23-17)22(16)11-12-3-6-14(20)7-4-12/h1-10H,11H2. The van der Waals surface area contributed by atoms with E-state index in [0.717, 1.165) is 31.8 Å². The first-order valence-electron chi connectivity index (χ1n) is 7.15. The Hall–Kier alpha value is -1.98. The lowest BCUT2D eigenvalue weighted by molar-refractivity contribution is 0.626. The minimum Gasteiger partial charge on any atom is -0.319 e. The molecule has 0 fully saturated rings. The Morgan fingerprint density at radius 1 is 1.09 bits per heavy atom. The van der Waals surface area contributed by atoms with Crippen molar-refractivity contribution < 1.29 is 4.39 Å². The molecule has 0 aliphatic heterocycles. The summed E-state index contributed by atoms with van der Waals surface area (Å²) in [5, 5.41) is 2.05. The van der Waals surface area contributed by atoms with Crippen LogP contribution in [0.4, 0.5) is 4.39 Å². The van der Waals surface area contributed by atoms with Gasteiger partial charge in [0.1, 0.15) is 5.82 Å². The monoisotopic (exact) mass is 386 g/mol. The highest BCUT2D eigenvalue weighted by Crippen LogP contribution is 2.30. The van der Waals surface area contributed by atoms with E-state index in [2.05, 4.69) is 32.6 Å². The van der Waals surface area contributed by atoms with Gasteiger partial charge in [0.25, 0.3) is 0 Å². The van der Waals surface area contributed by atoms with Gasteiger partial charge < -0.3 is 4.57 Å². The van der Waals surface area contributed by atoms with Gasteiger partial charge in [0, 0.05) is 11.0 Å². The lowest BCUT2D eigenvalue weighted by Crippen LogP contribution is -2.01. The van der Waals surface area contributed by atoms with Crippen LogP contribution in [0.15, 0.2) is 64.5 Å².